The molecular weight excluding hydrogens is 162 g/mol. The maximum atomic E-state index is 5.72. The predicted molar refractivity (Wildman–Crippen MR) is 55.6 cm³/mol. The topological polar surface area (TPSA) is 21.3 Å². The Morgan fingerprint density at radius 2 is 2.00 bits per heavy atom. The monoisotopic (exact) mass is 185 g/mol. The largest absolute Gasteiger partial charge is 0.361 e. The zero-order valence-corrected chi connectivity index (χ0v) is 9.55. The molecule has 1 aliphatic heterocycles. The van der Waals surface area contributed by atoms with Crippen LogP contribution in [-0.2, 0) is 4.74 Å². The molecule has 0 aliphatic carbocycles. The highest BCUT2D eigenvalue weighted by Gasteiger charge is 2.33. The first-order chi connectivity index (χ1) is 5.89. The maximum absolute atomic E-state index is 5.72. The molecule has 2 heteroatoms. The van der Waals surface area contributed by atoms with E-state index in [4.69, 9.17) is 4.74 Å². The highest BCUT2D eigenvalue weighted by atomic mass is 16.5. The van der Waals surface area contributed by atoms with E-state index in [0.717, 1.165) is 12.5 Å². The third-order valence-corrected chi connectivity index (χ3v) is 2.39. The Bertz CT molecular complexity index is 160. The minimum atomic E-state index is 0.214. The summed E-state index contributed by atoms with van der Waals surface area (Å²) < 4.78 is 5.72. The fourth-order valence-corrected chi connectivity index (χ4v) is 1.73. The summed E-state index contributed by atoms with van der Waals surface area (Å²) in [6.07, 6.45) is 1.45. The van der Waals surface area contributed by atoms with E-state index in [9.17, 15) is 0 Å². The van der Waals surface area contributed by atoms with Crippen molar-refractivity contribution >= 4 is 0 Å². The molecular formula is C11H23NO. The molecule has 13 heavy (non-hydrogen) atoms. The molecule has 0 amide bonds. The summed E-state index contributed by atoms with van der Waals surface area (Å²) in [5.74, 6) is 0.750. The smallest absolute Gasteiger partial charge is 0.113 e. The Labute approximate surface area is 82.0 Å². The van der Waals surface area contributed by atoms with Crippen molar-refractivity contribution in [3.05, 3.63) is 0 Å². The van der Waals surface area contributed by atoms with Crippen molar-refractivity contribution in [3.8, 4) is 0 Å². The molecule has 78 valence electrons. The molecule has 0 radical (unpaired) electrons. The van der Waals surface area contributed by atoms with Gasteiger partial charge in [-0.05, 0) is 12.3 Å². The number of rotatable bonds is 2. The molecule has 1 heterocycles. The third kappa shape index (κ3) is 3.28. The van der Waals surface area contributed by atoms with Gasteiger partial charge in [0.1, 0.15) is 6.23 Å². The Morgan fingerprint density at radius 1 is 1.38 bits per heavy atom. The molecule has 1 fully saturated rings. The average molecular weight is 185 g/mol. The second kappa shape index (κ2) is 3.97. The van der Waals surface area contributed by atoms with E-state index < -0.39 is 0 Å². The second-order valence-electron chi connectivity index (χ2n) is 5.57. The molecule has 0 saturated carbocycles. The lowest BCUT2D eigenvalue weighted by atomic mass is 9.94. The normalized spacial score (nSPS) is 30.0. The van der Waals surface area contributed by atoms with E-state index >= 15 is 0 Å². The summed E-state index contributed by atoms with van der Waals surface area (Å²) in [6, 6.07) is 0.559. The number of hydrogen-bond donors (Lipinski definition) is 1. The minimum absolute atomic E-state index is 0.214. The van der Waals surface area contributed by atoms with Crippen molar-refractivity contribution in [2.45, 2.75) is 53.3 Å². The molecule has 0 spiro atoms. The van der Waals surface area contributed by atoms with Crippen LogP contribution in [0.15, 0.2) is 0 Å². The lowest BCUT2D eigenvalue weighted by Crippen LogP contribution is -2.39. The van der Waals surface area contributed by atoms with E-state index in [0.29, 0.717) is 6.04 Å². The van der Waals surface area contributed by atoms with Gasteiger partial charge in [0.05, 0.1) is 6.61 Å². The van der Waals surface area contributed by atoms with Gasteiger partial charge in [-0.25, -0.2) is 0 Å². The van der Waals surface area contributed by atoms with Crippen LogP contribution in [0.3, 0.4) is 0 Å². The predicted octanol–water partition coefficient (Wildman–Crippen LogP) is 2.39. The lowest BCUT2D eigenvalue weighted by molar-refractivity contribution is 0.0172. The van der Waals surface area contributed by atoms with E-state index in [-0.39, 0.29) is 11.6 Å². The van der Waals surface area contributed by atoms with Crippen LogP contribution in [0, 0.1) is 11.3 Å². The Balaban J connectivity index is 2.36. The molecule has 1 N–H and O–H groups in total. The molecule has 1 aliphatic rings. The first-order valence-electron chi connectivity index (χ1n) is 5.27. The summed E-state index contributed by atoms with van der Waals surface area (Å²) in [7, 11) is 0. The van der Waals surface area contributed by atoms with Crippen molar-refractivity contribution in [1.29, 1.82) is 0 Å². The van der Waals surface area contributed by atoms with Crippen LogP contribution in [-0.4, -0.2) is 18.9 Å². The molecule has 2 nitrogen and oxygen atoms in total. The van der Waals surface area contributed by atoms with Crippen molar-refractivity contribution in [2.75, 3.05) is 6.61 Å². The first kappa shape index (κ1) is 11.0. The van der Waals surface area contributed by atoms with E-state index in [2.05, 4.69) is 39.9 Å². The van der Waals surface area contributed by atoms with E-state index in [1.54, 1.807) is 0 Å². The fourth-order valence-electron chi connectivity index (χ4n) is 1.73. The molecule has 0 aromatic rings. The van der Waals surface area contributed by atoms with Gasteiger partial charge in [0, 0.05) is 11.5 Å². The van der Waals surface area contributed by atoms with Gasteiger partial charge in [-0.3, -0.25) is 5.32 Å². The molecule has 0 aromatic heterocycles. The summed E-state index contributed by atoms with van der Waals surface area (Å²) in [5, 5.41) is 3.54. The zero-order valence-electron chi connectivity index (χ0n) is 9.55. The number of ether oxygens (including phenoxy) is 1. The quantitative estimate of drug-likeness (QED) is 0.713. The van der Waals surface area contributed by atoms with Gasteiger partial charge in [0.25, 0.3) is 0 Å². The average Bonchev–Trinajstić information content (AvgIpc) is 2.32. The Morgan fingerprint density at radius 3 is 2.38 bits per heavy atom. The third-order valence-electron chi connectivity index (χ3n) is 2.39. The van der Waals surface area contributed by atoms with E-state index in [1.165, 1.54) is 6.42 Å². The SMILES string of the molecule is CC(C)C[C@@H]1CO[C@H](C(C)(C)C)N1. The summed E-state index contributed by atoms with van der Waals surface area (Å²) in [5.41, 5.74) is 0.214. The lowest BCUT2D eigenvalue weighted by Gasteiger charge is -2.26. The Kier molecular flexibility index (Phi) is 3.36. The van der Waals surface area contributed by atoms with Crippen molar-refractivity contribution in [3.63, 3.8) is 0 Å². The minimum Gasteiger partial charge on any atom is -0.361 e. The second-order valence-corrected chi connectivity index (χ2v) is 5.57. The van der Waals surface area contributed by atoms with Crippen molar-refractivity contribution in [1.82, 2.24) is 5.32 Å². The van der Waals surface area contributed by atoms with Crippen LogP contribution >= 0.6 is 0 Å². The van der Waals surface area contributed by atoms with Crippen LogP contribution in [0.1, 0.15) is 41.0 Å². The summed E-state index contributed by atoms with van der Waals surface area (Å²) in [6.45, 7) is 12.0. The van der Waals surface area contributed by atoms with Gasteiger partial charge in [-0.1, -0.05) is 34.6 Å². The van der Waals surface area contributed by atoms with Gasteiger partial charge in [0.15, 0.2) is 0 Å². The van der Waals surface area contributed by atoms with Gasteiger partial charge < -0.3 is 4.74 Å². The van der Waals surface area contributed by atoms with Crippen molar-refractivity contribution in [2.24, 2.45) is 11.3 Å². The van der Waals surface area contributed by atoms with Gasteiger partial charge in [0.2, 0.25) is 0 Å². The standard InChI is InChI=1S/C11H23NO/c1-8(2)6-9-7-13-10(12-9)11(3,4)5/h8-10,12H,6-7H2,1-5H3/t9-,10-/m1/s1. The molecule has 0 bridgehead atoms. The van der Waals surface area contributed by atoms with Gasteiger partial charge in [-0.15, -0.1) is 0 Å². The van der Waals surface area contributed by atoms with Gasteiger partial charge in [-0.2, -0.15) is 0 Å². The molecule has 2 atom stereocenters. The number of hydrogen-bond acceptors (Lipinski definition) is 2. The number of nitrogens with one attached hydrogen (secondary N) is 1. The highest BCUT2D eigenvalue weighted by Crippen LogP contribution is 2.25. The van der Waals surface area contributed by atoms with Crippen LogP contribution in [0.5, 0.6) is 0 Å². The molecule has 0 unspecified atom stereocenters. The van der Waals surface area contributed by atoms with Crippen LogP contribution < -0.4 is 5.32 Å². The van der Waals surface area contributed by atoms with Crippen LogP contribution in [0.25, 0.3) is 0 Å². The fraction of sp³-hybridized carbons (Fsp3) is 1.00. The van der Waals surface area contributed by atoms with Crippen LogP contribution in [0.2, 0.25) is 0 Å². The van der Waals surface area contributed by atoms with Crippen molar-refractivity contribution < 1.29 is 4.74 Å². The summed E-state index contributed by atoms with van der Waals surface area (Å²) >= 11 is 0. The Hall–Kier alpha value is -0.0800. The summed E-state index contributed by atoms with van der Waals surface area (Å²) in [4.78, 5) is 0. The van der Waals surface area contributed by atoms with Gasteiger partial charge >= 0.3 is 0 Å². The molecule has 1 saturated heterocycles. The van der Waals surface area contributed by atoms with E-state index in [1.807, 2.05) is 0 Å². The molecule has 0 aromatic carbocycles. The van der Waals surface area contributed by atoms with Crippen LogP contribution in [0.4, 0.5) is 0 Å². The molecule has 1 rings (SSSR count). The maximum Gasteiger partial charge on any atom is 0.113 e. The zero-order chi connectivity index (χ0) is 10.1. The highest BCUT2D eigenvalue weighted by molar-refractivity contribution is 4.83. The first-order valence-corrected chi connectivity index (χ1v) is 5.27.